The van der Waals surface area contributed by atoms with Gasteiger partial charge in [-0.3, -0.25) is 0 Å². The first-order valence-electron chi connectivity index (χ1n) is 8.12. The highest BCUT2D eigenvalue weighted by molar-refractivity contribution is 4.81. The van der Waals surface area contributed by atoms with Crippen LogP contribution >= 0.6 is 0 Å². The number of rotatable bonds is 9. The van der Waals surface area contributed by atoms with Crippen LogP contribution in [0.3, 0.4) is 0 Å². The Morgan fingerprint density at radius 3 is 2.33 bits per heavy atom. The summed E-state index contributed by atoms with van der Waals surface area (Å²) in [6, 6.07) is 0.592. The van der Waals surface area contributed by atoms with Crippen LogP contribution in [0.25, 0.3) is 0 Å². The van der Waals surface area contributed by atoms with E-state index in [0.717, 1.165) is 38.0 Å². The Bertz CT molecular complexity index is 188. The molecule has 0 saturated heterocycles. The second kappa shape index (κ2) is 9.80. The van der Waals surface area contributed by atoms with Crippen molar-refractivity contribution in [3.8, 4) is 0 Å². The maximum Gasteiger partial charge on any atom is 0.0622 e. The molecule has 18 heavy (non-hydrogen) atoms. The van der Waals surface area contributed by atoms with Crippen molar-refractivity contribution in [3.05, 3.63) is 0 Å². The molecule has 0 amide bonds. The van der Waals surface area contributed by atoms with Crippen LogP contribution in [-0.2, 0) is 4.74 Å². The van der Waals surface area contributed by atoms with Crippen LogP contribution in [0, 0.1) is 11.8 Å². The van der Waals surface area contributed by atoms with E-state index in [0.29, 0.717) is 6.04 Å². The first-order valence-corrected chi connectivity index (χ1v) is 8.12. The zero-order valence-corrected chi connectivity index (χ0v) is 12.7. The Labute approximate surface area is 114 Å². The highest BCUT2D eigenvalue weighted by atomic mass is 16.5. The zero-order chi connectivity index (χ0) is 13.2. The third-order valence-electron chi connectivity index (χ3n) is 4.34. The van der Waals surface area contributed by atoms with Crippen LogP contribution in [0.5, 0.6) is 0 Å². The van der Waals surface area contributed by atoms with Crippen molar-refractivity contribution in [2.75, 3.05) is 19.8 Å². The lowest BCUT2D eigenvalue weighted by atomic mass is 9.77. The minimum atomic E-state index is 0.592. The minimum absolute atomic E-state index is 0.592. The predicted octanol–water partition coefficient (Wildman–Crippen LogP) is 4.00. The Morgan fingerprint density at radius 1 is 1.06 bits per heavy atom. The van der Waals surface area contributed by atoms with E-state index < -0.39 is 0 Å². The molecule has 1 aliphatic carbocycles. The van der Waals surface area contributed by atoms with E-state index in [1.165, 1.54) is 38.5 Å². The molecular formula is C16H33NO. The lowest BCUT2D eigenvalue weighted by Gasteiger charge is -2.34. The SMILES string of the molecule is CCCNC(COCCC)C1CCC(CC)CC1. The monoisotopic (exact) mass is 255 g/mol. The van der Waals surface area contributed by atoms with Gasteiger partial charge in [0.1, 0.15) is 0 Å². The molecule has 1 saturated carbocycles. The molecule has 0 aliphatic heterocycles. The maximum absolute atomic E-state index is 5.79. The van der Waals surface area contributed by atoms with E-state index in [1.807, 2.05) is 0 Å². The molecule has 0 aromatic carbocycles. The lowest BCUT2D eigenvalue weighted by molar-refractivity contribution is 0.0797. The molecular weight excluding hydrogens is 222 g/mol. The van der Waals surface area contributed by atoms with Gasteiger partial charge in [0.05, 0.1) is 6.61 Å². The summed E-state index contributed by atoms with van der Waals surface area (Å²) in [4.78, 5) is 0. The first kappa shape index (κ1) is 16.0. The number of hydrogen-bond acceptors (Lipinski definition) is 2. The molecule has 1 N–H and O–H groups in total. The summed E-state index contributed by atoms with van der Waals surface area (Å²) in [5.41, 5.74) is 0. The molecule has 0 aromatic rings. The van der Waals surface area contributed by atoms with E-state index in [-0.39, 0.29) is 0 Å². The summed E-state index contributed by atoms with van der Waals surface area (Å²) < 4.78 is 5.79. The number of nitrogens with one attached hydrogen (secondary N) is 1. The molecule has 0 spiro atoms. The highest BCUT2D eigenvalue weighted by Crippen LogP contribution is 2.32. The topological polar surface area (TPSA) is 21.3 Å². The van der Waals surface area contributed by atoms with Crippen molar-refractivity contribution in [2.45, 2.75) is 71.8 Å². The van der Waals surface area contributed by atoms with Gasteiger partial charge in [-0.15, -0.1) is 0 Å². The smallest absolute Gasteiger partial charge is 0.0622 e. The summed E-state index contributed by atoms with van der Waals surface area (Å²) in [7, 11) is 0. The molecule has 0 radical (unpaired) electrons. The Morgan fingerprint density at radius 2 is 1.78 bits per heavy atom. The molecule has 1 unspecified atom stereocenters. The molecule has 1 rings (SSSR count). The Kier molecular flexibility index (Phi) is 8.70. The van der Waals surface area contributed by atoms with Gasteiger partial charge in [-0.1, -0.05) is 40.0 Å². The van der Waals surface area contributed by atoms with Gasteiger partial charge in [-0.25, -0.2) is 0 Å². The fourth-order valence-electron chi connectivity index (χ4n) is 3.04. The second-order valence-corrected chi connectivity index (χ2v) is 5.82. The quantitative estimate of drug-likeness (QED) is 0.629. The van der Waals surface area contributed by atoms with E-state index in [1.54, 1.807) is 0 Å². The van der Waals surface area contributed by atoms with E-state index in [2.05, 4.69) is 26.1 Å². The van der Waals surface area contributed by atoms with Gasteiger partial charge in [0.2, 0.25) is 0 Å². The van der Waals surface area contributed by atoms with Crippen molar-refractivity contribution in [3.63, 3.8) is 0 Å². The fourth-order valence-corrected chi connectivity index (χ4v) is 3.04. The van der Waals surface area contributed by atoms with Gasteiger partial charge >= 0.3 is 0 Å². The summed E-state index contributed by atoms with van der Waals surface area (Å²) in [6.07, 6.45) is 9.37. The van der Waals surface area contributed by atoms with Gasteiger partial charge < -0.3 is 10.1 Å². The van der Waals surface area contributed by atoms with Crippen molar-refractivity contribution < 1.29 is 4.74 Å². The van der Waals surface area contributed by atoms with E-state index in [9.17, 15) is 0 Å². The van der Waals surface area contributed by atoms with Crippen molar-refractivity contribution in [1.29, 1.82) is 0 Å². The highest BCUT2D eigenvalue weighted by Gasteiger charge is 2.26. The van der Waals surface area contributed by atoms with Crippen molar-refractivity contribution in [2.24, 2.45) is 11.8 Å². The van der Waals surface area contributed by atoms with Gasteiger partial charge in [-0.05, 0) is 44.1 Å². The van der Waals surface area contributed by atoms with Crippen LogP contribution in [-0.4, -0.2) is 25.8 Å². The molecule has 1 aliphatic rings. The van der Waals surface area contributed by atoms with Crippen LogP contribution in [0.1, 0.15) is 65.7 Å². The third-order valence-corrected chi connectivity index (χ3v) is 4.34. The molecule has 0 heterocycles. The van der Waals surface area contributed by atoms with Crippen LogP contribution in [0.2, 0.25) is 0 Å². The van der Waals surface area contributed by atoms with Crippen LogP contribution < -0.4 is 5.32 Å². The molecule has 1 fully saturated rings. The summed E-state index contributed by atoms with van der Waals surface area (Å²) in [5.74, 6) is 1.83. The van der Waals surface area contributed by atoms with Crippen molar-refractivity contribution in [1.82, 2.24) is 5.32 Å². The first-order chi connectivity index (χ1) is 8.81. The molecule has 2 nitrogen and oxygen atoms in total. The average Bonchev–Trinajstić information content (AvgIpc) is 2.43. The van der Waals surface area contributed by atoms with Crippen LogP contribution in [0.15, 0.2) is 0 Å². The minimum Gasteiger partial charge on any atom is -0.380 e. The Balaban J connectivity index is 2.33. The van der Waals surface area contributed by atoms with Crippen LogP contribution in [0.4, 0.5) is 0 Å². The molecule has 2 heteroatoms. The second-order valence-electron chi connectivity index (χ2n) is 5.82. The summed E-state index contributed by atoms with van der Waals surface area (Å²) in [5, 5.41) is 3.71. The number of hydrogen-bond donors (Lipinski definition) is 1. The predicted molar refractivity (Wildman–Crippen MR) is 78.9 cm³/mol. The fraction of sp³-hybridized carbons (Fsp3) is 1.00. The standard InChI is InChI=1S/C16H33NO/c1-4-11-17-16(13-18-12-5-2)15-9-7-14(6-3)8-10-15/h14-17H,4-13H2,1-3H3. The molecule has 0 bridgehead atoms. The van der Waals surface area contributed by atoms with E-state index in [4.69, 9.17) is 4.74 Å². The molecule has 1 atom stereocenters. The lowest BCUT2D eigenvalue weighted by Crippen LogP contribution is -2.42. The van der Waals surface area contributed by atoms with Gasteiger partial charge in [0.25, 0.3) is 0 Å². The zero-order valence-electron chi connectivity index (χ0n) is 12.7. The maximum atomic E-state index is 5.79. The summed E-state index contributed by atoms with van der Waals surface area (Å²) >= 11 is 0. The largest absolute Gasteiger partial charge is 0.380 e. The Hall–Kier alpha value is -0.0800. The van der Waals surface area contributed by atoms with E-state index >= 15 is 0 Å². The third kappa shape index (κ3) is 5.71. The average molecular weight is 255 g/mol. The normalized spacial score (nSPS) is 26.2. The molecule has 108 valence electrons. The van der Waals surface area contributed by atoms with Gasteiger partial charge in [0.15, 0.2) is 0 Å². The molecule has 0 aromatic heterocycles. The summed E-state index contributed by atoms with van der Waals surface area (Å²) in [6.45, 7) is 9.71. The number of ether oxygens (including phenoxy) is 1. The van der Waals surface area contributed by atoms with Gasteiger partial charge in [0, 0.05) is 12.6 Å². The van der Waals surface area contributed by atoms with Crippen molar-refractivity contribution >= 4 is 0 Å². The van der Waals surface area contributed by atoms with Gasteiger partial charge in [-0.2, -0.15) is 0 Å².